The Morgan fingerprint density at radius 2 is 2.05 bits per heavy atom. The van der Waals surface area contributed by atoms with E-state index >= 15 is 0 Å². The van der Waals surface area contributed by atoms with Crippen LogP contribution in [-0.2, 0) is 12.8 Å². The number of aromatic nitrogens is 4. The highest BCUT2D eigenvalue weighted by atomic mass is 32.2. The summed E-state index contributed by atoms with van der Waals surface area (Å²) in [6.07, 6.45) is 1.70. The number of fused-ring (bicyclic) bond motifs is 1. The van der Waals surface area contributed by atoms with Crippen molar-refractivity contribution >= 4 is 28.6 Å². The summed E-state index contributed by atoms with van der Waals surface area (Å²) in [6, 6.07) is 6.44. The molecule has 0 atom stereocenters. The van der Waals surface area contributed by atoms with E-state index in [1.54, 1.807) is 22.6 Å². The normalized spacial score (nSPS) is 11.2. The van der Waals surface area contributed by atoms with Crippen molar-refractivity contribution in [2.45, 2.75) is 24.5 Å². The second kappa shape index (κ2) is 5.37. The highest BCUT2D eigenvalue weighted by Crippen LogP contribution is 2.27. The Kier molecular flexibility index (Phi) is 3.55. The van der Waals surface area contributed by atoms with Gasteiger partial charge in [0, 0.05) is 11.9 Å². The van der Waals surface area contributed by atoms with E-state index in [0.29, 0.717) is 11.6 Å². The first-order valence-electron chi connectivity index (χ1n) is 6.69. The van der Waals surface area contributed by atoms with Crippen LogP contribution < -0.4 is 5.73 Å². The molecule has 0 unspecified atom stereocenters. The van der Waals surface area contributed by atoms with Crippen molar-refractivity contribution in [3.8, 4) is 0 Å². The van der Waals surface area contributed by atoms with Gasteiger partial charge in [0.2, 0.25) is 0 Å². The molecule has 0 radical (unpaired) electrons. The number of hydrogen-bond acceptors (Lipinski definition) is 5. The van der Waals surface area contributed by atoms with Gasteiger partial charge in [-0.3, -0.25) is 4.68 Å². The number of nitrogens with zero attached hydrogens (tertiary/aromatic N) is 4. The molecular weight excluding hydrogens is 282 g/mol. The molecule has 0 fully saturated rings. The quantitative estimate of drug-likeness (QED) is 0.753. The van der Waals surface area contributed by atoms with Crippen LogP contribution in [0.1, 0.15) is 17.0 Å². The fourth-order valence-corrected chi connectivity index (χ4v) is 3.14. The lowest BCUT2D eigenvalue weighted by molar-refractivity contribution is 0.782. The van der Waals surface area contributed by atoms with Gasteiger partial charge in [-0.1, -0.05) is 17.7 Å². The molecule has 0 aliphatic rings. The van der Waals surface area contributed by atoms with Crippen LogP contribution >= 0.6 is 11.8 Å². The third kappa shape index (κ3) is 2.71. The first kappa shape index (κ1) is 13.9. The minimum atomic E-state index is 0.490. The summed E-state index contributed by atoms with van der Waals surface area (Å²) < 4.78 is 1.72. The number of hydrogen-bond donors (Lipinski definition) is 1. The molecule has 0 amide bonds. The summed E-state index contributed by atoms with van der Waals surface area (Å²) in [5.74, 6) is 1.91. The van der Waals surface area contributed by atoms with Gasteiger partial charge in [0.25, 0.3) is 0 Å². The number of nitrogen functional groups attached to an aromatic ring is 1. The van der Waals surface area contributed by atoms with Crippen molar-refractivity contribution in [2.24, 2.45) is 7.05 Å². The predicted molar refractivity (Wildman–Crippen MR) is 86.2 cm³/mol. The standard InChI is InChI=1S/C15H17N5S/c1-9-4-5-10(2)12(6-9)21-8-13-18-14(16)11-7-17-20(3)15(11)19-13/h4-7H,8H2,1-3H3,(H2,16,18,19). The molecule has 2 heterocycles. The van der Waals surface area contributed by atoms with Crippen LogP contribution in [0.5, 0.6) is 0 Å². The fraction of sp³-hybridized carbons (Fsp3) is 0.267. The SMILES string of the molecule is Cc1ccc(C)c(SCc2nc(N)c3cnn(C)c3n2)c1. The number of nitrogens with two attached hydrogens (primary N) is 1. The first-order valence-corrected chi connectivity index (χ1v) is 7.67. The van der Waals surface area contributed by atoms with E-state index in [1.165, 1.54) is 16.0 Å². The second-order valence-electron chi connectivity index (χ2n) is 5.09. The molecule has 0 saturated carbocycles. The van der Waals surface area contributed by atoms with Crippen LogP contribution in [0, 0.1) is 13.8 Å². The molecule has 5 nitrogen and oxygen atoms in total. The Hall–Kier alpha value is -2.08. The van der Waals surface area contributed by atoms with Crippen LogP contribution in [0.3, 0.4) is 0 Å². The first-order chi connectivity index (χ1) is 10.0. The third-order valence-electron chi connectivity index (χ3n) is 3.37. The maximum atomic E-state index is 5.98. The minimum absolute atomic E-state index is 0.490. The van der Waals surface area contributed by atoms with Crippen LogP contribution in [0.2, 0.25) is 0 Å². The van der Waals surface area contributed by atoms with Gasteiger partial charge in [0.05, 0.1) is 17.3 Å². The van der Waals surface area contributed by atoms with E-state index in [9.17, 15) is 0 Å². The molecule has 3 rings (SSSR count). The summed E-state index contributed by atoms with van der Waals surface area (Å²) in [5, 5.41) is 4.97. The average molecular weight is 299 g/mol. The predicted octanol–water partition coefficient (Wildman–Crippen LogP) is 2.85. The molecule has 3 aromatic rings. The Bertz CT molecular complexity index is 809. The zero-order valence-corrected chi connectivity index (χ0v) is 13.1. The summed E-state index contributed by atoms with van der Waals surface area (Å²) in [5.41, 5.74) is 9.28. The number of anilines is 1. The summed E-state index contributed by atoms with van der Waals surface area (Å²) in [4.78, 5) is 10.2. The van der Waals surface area contributed by atoms with Crippen molar-refractivity contribution in [1.82, 2.24) is 19.7 Å². The topological polar surface area (TPSA) is 69.6 Å². The maximum Gasteiger partial charge on any atom is 0.163 e. The van der Waals surface area contributed by atoms with Crippen LogP contribution in [0.15, 0.2) is 29.3 Å². The van der Waals surface area contributed by atoms with Gasteiger partial charge in [0.15, 0.2) is 5.65 Å². The minimum Gasteiger partial charge on any atom is -0.383 e. The van der Waals surface area contributed by atoms with Crippen molar-refractivity contribution in [2.75, 3.05) is 5.73 Å². The third-order valence-corrected chi connectivity index (χ3v) is 4.52. The number of rotatable bonds is 3. The van der Waals surface area contributed by atoms with Gasteiger partial charge in [-0.2, -0.15) is 5.10 Å². The Morgan fingerprint density at radius 1 is 1.24 bits per heavy atom. The van der Waals surface area contributed by atoms with Crippen molar-refractivity contribution in [1.29, 1.82) is 0 Å². The number of benzene rings is 1. The number of thioether (sulfide) groups is 1. The van der Waals surface area contributed by atoms with E-state index in [2.05, 4.69) is 47.1 Å². The Balaban J connectivity index is 1.88. The van der Waals surface area contributed by atoms with Gasteiger partial charge in [-0.05, 0) is 25.5 Å². The fourth-order valence-electron chi connectivity index (χ4n) is 2.16. The Morgan fingerprint density at radius 3 is 2.86 bits per heavy atom. The molecule has 21 heavy (non-hydrogen) atoms. The van der Waals surface area contributed by atoms with Gasteiger partial charge >= 0.3 is 0 Å². The van der Waals surface area contributed by atoms with Crippen LogP contribution in [0.25, 0.3) is 11.0 Å². The van der Waals surface area contributed by atoms with Gasteiger partial charge in [0.1, 0.15) is 11.6 Å². The Labute approximate surface area is 127 Å². The molecule has 0 bridgehead atoms. The van der Waals surface area contributed by atoms with Crippen LogP contribution in [-0.4, -0.2) is 19.7 Å². The van der Waals surface area contributed by atoms with Crippen LogP contribution in [0.4, 0.5) is 5.82 Å². The summed E-state index contributed by atoms with van der Waals surface area (Å²) in [7, 11) is 1.86. The van der Waals surface area contributed by atoms with E-state index in [0.717, 1.165) is 16.9 Å². The molecule has 0 aliphatic carbocycles. The number of aryl methyl sites for hydroxylation is 3. The zero-order valence-electron chi connectivity index (χ0n) is 12.3. The van der Waals surface area contributed by atoms with Crippen molar-refractivity contribution < 1.29 is 0 Å². The summed E-state index contributed by atoms with van der Waals surface area (Å²) in [6.45, 7) is 4.21. The molecule has 1 aromatic carbocycles. The van der Waals surface area contributed by atoms with Gasteiger partial charge in [-0.25, -0.2) is 9.97 Å². The smallest absolute Gasteiger partial charge is 0.163 e. The lowest BCUT2D eigenvalue weighted by Gasteiger charge is -2.07. The van der Waals surface area contributed by atoms with E-state index in [-0.39, 0.29) is 0 Å². The lowest BCUT2D eigenvalue weighted by atomic mass is 10.2. The van der Waals surface area contributed by atoms with Gasteiger partial charge < -0.3 is 5.73 Å². The highest BCUT2D eigenvalue weighted by molar-refractivity contribution is 7.98. The van der Waals surface area contributed by atoms with E-state index < -0.39 is 0 Å². The molecular formula is C15H17N5S. The average Bonchev–Trinajstić information content (AvgIpc) is 2.82. The highest BCUT2D eigenvalue weighted by Gasteiger charge is 2.10. The largest absolute Gasteiger partial charge is 0.383 e. The molecule has 6 heteroatoms. The zero-order chi connectivity index (χ0) is 15.0. The monoisotopic (exact) mass is 299 g/mol. The maximum absolute atomic E-state index is 5.98. The van der Waals surface area contributed by atoms with E-state index in [4.69, 9.17) is 5.73 Å². The molecule has 2 N–H and O–H groups in total. The van der Waals surface area contributed by atoms with Crippen molar-refractivity contribution in [3.05, 3.63) is 41.3 Å². The molecule has 2 aromatic heterocycles. The van der Waals surface area contributed by atoms with Crippen molar-refractivity contribution in [3.63, 3.8) is 0 Å². The summed E-state index contributed by atoms with van der Waals surface area (Å²) >= 11 is 1.73. The van der Waals surface area contributed by atoms with E-state index in [1.807, 2.05) is 7.05 Å². The van der Waals surface area contributed by atoms with Gasteiger partial charge in [-0.15, -0.1) is 11.8 Å². The lowest BCUT2D eigenvalue weighted by Crippen LogP contribution is -2.01. The molecule has 0 spiro atoms. The molecule has 108 valence electrons. The molecule has 0 aliphatic heterocycles. The molecule has 0 saturated heterocycles. The second-order valence-corrected chi connectivity index (χ2v) is 6.11.